The van der Waals surface area contributed by atoms with Crippen LogP contribution in [0, 0.1) is 11.3 Å². The van der Waals surface area contributed by atoms with E-state index < -0.39 is 77.5 Å². The topological polar surface area (TPSA) is 205 Å². The number of esters is 2. The number of thioether (sulfide) groups is 1. The van der Waals surface area contributed by atoms with Gasteiger partial charge in [0, 0.05) is 44.2 Å². The number of amides is 3. The molecule has 0 aliphatic carbocycles. The quantitative estimate of drug-likeness (QED) is 0.117. The van der Waals surface area contributed by atoms with Gasteiger partial charge in [0.1, 0.15) is 17.5 Å². The van der Waals surface area contributed by atoms with Crippen molar-refractivity contribution in [3.8, 4) is 0 Å². The van der Waals surface area contributed by atoms with E-state index in [4.69, 9.17) is 19.9 Å². The summed E-state index contributed by atoms with van der Waals surface area (Å²) in [4.78, 5) is 74.6. The molecule has 3 N–H and O–H groups in total. The van der Waals surface area contributed by atoms with Gasteiger partial charge in [-0.05, 0) is 20.8 Å². The molecule has 3 heterocycles. The summed E-state index contributed by atoms with van der Waals surface area (Å²) in [6.07, 6.45) is -1.93. The van der Waals surface area contributed by atoms with E-state index in [0.29, 0.717) is 0 Å². The molecule has 19 heteroatoms. The van der Waals surface area contributed by atoms with E-state index in [1.807, 2.05) is 0 Å². The van der Waals surface area contributed by atoms with Crippen molar-refractivity contribution in [2.75, 3.05) is 39.0 Å². The van der Waals surface area contributed by atoms with Gasteiger partial charge < -0.3 is 39.9 Å². The molecule has 3 rings (SSSR count). The Balaban J connectivity index is 1.78. The highest BCUT2D eigenvalue weighted by atomic mass is 32.2. The molecule has 1 aromatic rings. The molecule has 5 unspecified atom stereocenters. The Hall–Kier alpha value is -3.74. The molecule has 2 fully saturated rings. The number of carbonyl (C=O) groups is 5. The number of anilines is 1. The number of β-lactam (4-membered cyclic amide) rings is 1. The Kier molecular flexibility index (Phi) is 10.5. The molecular formula is C23H32FN7O9S2. The van der Waals surface area contributed by atoms with Crippen molar-refractivity contribution < 1.29 is 47.4 Å². The number of fused-ring (bicyclic) bond motifs is 1. The van der Waals surface area contributed by atoms with Crippen LogP contribution in [-0.2, 0) is 38.2 Å². The number of oxime groups is 1. The van der Waals surface area contributed by atoms with Crippen LogP contribution >= 0.6 is 23.3 Å². The Morgan fingerprint density at radius 2 is 1.95 bits per heavy atom. The number of rotatable bonds is 10. The minimum absolute atomic E-state index is 0.0178. The maximum atomic E-state index is 13.4. The number of nitrogens with one attached hydrogen (secondary N) is 1. The van der Waals surface area contributed by atoms with Crippen LogP contribution in [0.15, 0.2) is 5.16 Å². The van der Waals surface area contributed by atoms with Crippen molar-refractivity contribution in [2.24, 2.45) is 16.5 Å². The largest absolute Gasteiger partial charge is 0.449 e. The van der Waals surface area contributed by atoms with E-state index in [-0.39, 0.29) is 23.3 Å². The van der Waals surface area contributed by atoms with Gasteiger partial charge in [0.15, 0.2) is 5.13 Å². The summed E-state index contributed by atoms with van der Waals surface area (Å²) in [6.45, 7) is 4.70. The standard InChI is InChI=1S/C23H32FN7O9S2/c1-10(40-20(35)23(2,3)4)39-19(34)14-11(7-37-22(36)30(5)6)8-41-18-13(17(33)31(14)18)26-16(32)12(28-38-9-24)15-27-21(25)42-29-15/h10-11,13-14,18H,7-9H2,1-6H3,(H,26,32)(H2,25,27,29)/b28-12+. The highest BCUT2D eigenvalue weighted by Crippen LogP contribution is 2.41. The predicted octanol–water partition coefficient (Wildman–Crippen LogP) is 0.329. The second kappa shape index (κ2) is 13.5. The van der Waals surface area contributed by atoms with Crippen LogP contribution in [0.2, 0.25) is 0 Å². The van der Waals surface area contributed by atoms with Gasteiger partial charge in [-0.25, -0.2) is 14.0 Å². The fraction of sp³-hybridized carbons (Fsp3) is 0.652. The lowest BCUT2D eigenvalue weighted by Crippen LogP contribution is -2.76. The number of aromatic nitrogens is 2. The number of hydrogen-bond acceptors (Lipinski definition) is 15. The lowest BCUT2D eigenvalue weighted by molar-refractivity contribution is -0.198. The van der Waals surface area contributed by atoms with Crippen molar-refractivity contribution in [1.29, 1.82) is 0 Å². The summed E-state index contributed by atoms with van der Waals surface area (Å²) in [7, 11) is 2.98. The number of nitrogen functional groups attached to an aromatic ring is 1. The van der Waals surface area contributed by atoms with Crippen molar-refractivity contribution in [3.05, 3.63) is 5.82 Å². The van der Waals surface area contributed by atoms with E-state index in [9.17, 15) is 28.4 Å². The Morgan fingerprint density at radius 3 is 2.52 bits per heavy atom. The number of halogens is 1. The van der Waals surface area contributed by atoms with E-state index in [1.54, 1.807) is 20.8 Å². The first-order chi connectivity index (χ1) is 19.6. The van der Waals surface area contributed by atoms with E-state index in [1.165, 1.54) is 42.6 Å². The van der Waals surface area contributed by atoms with Crippen LogP contribution in [0.25, 0.3) is 0 Å². The van der Waals surface area contributed by atoms with E-state index in [2.05, 4.69) is 24.7 Å². The molecule has 5 atom stereocenters. The third-order valence-corrected chi connectivity index (χ3v) is 7.87. The molecule has 0 bridgehead atoms. The Labute approximate surface area is 248 Å². The minimum atomic E-state index is -1.34. The highest BCUT2D eigenvalue weighted by Gasteiger charge is 2.59. The van der Waals surface area contributed by atoms with Crippen LogP contribution in [0.3, 0.4) is 0 Å². The first-order valence-corrected chi connectivity index (χ1v) is 14.3. The Bertz CT molecular complexity index is 1240. The molecule has 0 aromatic carbocycles. The Morgan fingerprint density at radius 1 is 1.26 bits per heavy atom. The number of nitrogens with zero attached hydrogens (tertiary/aromatic N) is 5. The zero-order valence-corrected chi connectivity index (χ0v) is 25.3. The lowest BCUT2D eigenvalue weighted by atomic mass is 9.93. The number of hydrogen-bond donors (Lipinski definition) is 2. The smallest absolute Gasteiger partial charge is 0.409 e. The second-order valence-electron chi connectivity index (χ2n) is 10.4. The van der Waals surface area contributed by atoms with E-state index in [0.717, 1.165) is 11.5 Å². The average molecular weight is 634 g/mol. The zero-order chi connectivity index (χ0) is 31.4. The van der Waals surface area contributed by atoms with Gasteiger partial charge in [0.2, 0.25) is 23.7 Å². The zero-order valence-electron chi connectivity index (χ0n) is 23.7. The van der Waals surface area contributed by atoms with Crippen LogP contribution in [0.5, 0.6) is 0 Å². The number of carbonyl (C=O) groups excluding carboxylic acids is 5. The number of ether oxygens (including phenoxy) is 3. The minimum Gasteiger partial charge on any atom is -0.449 e. The second-order valence-corrected chi connectivity index (χ2v) is 12.3. The molecule has 0 spiro atoms. The van der Waals surface area contributed by atoms with E-state index >= 15 is 0 Å². The van der Waals surface area contributed by atoms with Gasteiger partial charge in [0.05, 0.1) is 12.0 Å². The summed E-state index contributed by atoms with van der Waals surface area (Å²) in [5, 5.41) is 5.18. The third-order valence-electron chi connectivity index (χ3n) is 5.86. The van der Waals surface area contributed by atoms with Crippen molar-refractivity contribution >= 4 is 64.0 Å². The molecule has 0 saturated carbocycles. The molecule has 3 amide bonds. The van der Waals surface area contributed by atoms with Crippen molar-refractivity contribution in [1.82, 2.24) is 24.5 Å². The predicted molar refractivity (Wildman–Crippen MR) is 146 cm³/mol. The highest BCUT2D eigenvalue weighted by molar-refractivity contribution is 8.00. The molecular weight excluding hydrogens is 601 g/mol. The molecule has 232 valence electrons. The van der Waals surface area contributed by atoms with Crippen LogP contribution in [0.1, 0.15) is 33.5 Å². The van der Waals surface area contributed by atoms with Gasteiger partial charge in [0.25, 0.3) is 12.8 Å². The molecule has 2 aliphatic heterocycles. The first kappa shape index (κ1) is 32.8. The fourth-order valence-electron chi connectivity index (χ4n) is 3.78. The number of nitrogens with two attached hydrogens (primary N) is 1. The van der Waals surface area contributed by atoms with Gasteiger partial charge in [-0.2, -0.15) is 9.36 Å². The molecule has 2 saturated heterocycles. The summed E-state index contributed by atoms with van der Waals surface area (Å²) in [5.41, 5.74) is 4.20. The molecule has 1 aromatic heterocycles. The average Bonchev–Trinajstić information content (AvgIpc) is 3.34. The maximum Gasteiger partial charge on any atom is 0.409 e. The van der Waals surface area contributed by atoms with Gasteiger partial charge in [-0.3, -0.25) is 14.4 Å². The van der Waals surface area contributed by atoms with Gasteiger partial charge in [-0.15, -0.1) is 11.8 Å². The maximum absolute atomic E-state index is 13.4. The summed E-state index contributed by atoms with van der Waals surface area (Å²) in [6, 6.07) is -2.35. The summed E-state index contributed by atoms with van der Waals surface area (Å²) >= 11 is 2.00. The van der Waals surface area contributed by atoms with Crippen molar-refractivity contribution in [2.45, 2.75) is 51.4 Å². The number of alkyl halides is 1. The SMILES string of the molecule is CC(OC(=O)C1C(COC(=O)N(C)C)CSC2C(NC(=O)/C(=N/OCF)c3nsc(N)n3)C(=O)N21)OC(=O)C(C)(C)C. The lowest BCUT2D eigenvalue weighted by Gasteiger charge is -2.54. The van der Waals surface area contributed by atoms with Crippen LogP contribution in [-0.4, -0.2) is 112 Å². The summed E-state index contributed by atoms with van der Waals surface area (Å²) < 4.78 is 32.3. The molecule has 16 nitrogen and oxygen atoms in total. The molecule has 42 heavy (non-hydrogen) atoms. The fourth-order valence-corrected chi connectivity index (χ4v) is 5.71. The van der Waals surface area contributed by atoms with Crippen LogP contribution in [0.4, 0.5) is 14.3 Å². The van der Waals surface area contributed by atoms with Crippen LogP contribution < -0.4 is 11.1 Å². The van der Waals surface area contributed by atoms with Gasteiger partial charge in [-0.1, -0.05) is 5.16 Å². The van der Waals surface area contributed by atoms with Crippen molar-refractivity contribution in [3.63, 3.8) is 0 Å². The normalized spacial score (nSPS) is 22.7. The summed E-state index contributed by atoms with van der Waals surface area (Å²) in [5.74, 6) is -3.78. The first-order valence-electron chi connectivity index (χ1n) is 12.5. The van der Waals surface area contributed by atoms with Gasteiger partial charge >= 0.3 is 18.0 Å². The molecule has 2 aliphatic rings. The molecule has 0 radical (unpaired) electrons. The third kappa shape index (κ3) is 7.55. The monoisotopic (exact) mass is 633 g/mol.